The molecule has 114 valence electrons. The van der Waals surface area contributed by atoms with Crippen LogP contribution in [-0.4, -0.2) is 23.1 Å². The van der Waals surface area contributed by atoms with Crippen LogP contribution >= 0.6 is 0 Å². The van der Waals surface area contributed by atoms with E-state index in [0.717, 1.165) is 18.4 Å². The highest BCUT2D eigenvalue weighted by molar-refractivity contribution is 5.87. The Morgan fingerprint density at radius 2 is 1.86 bits per heavy atom. The third kappa shape index (κ3) is 3.97. The summed E-state index contributed by atoms with van der Waals surface area (Å²) in [5.74, 6) is 0.209. The highest BCUT2D eigenvalue weighted by Crippen LogP contribution is 2.30. The SMILES string of the molecule is CC1CCC(NC(=O)NCc2ccc(C(=O)O)cc2)C1C. The maximum absolute atomic E-state index is 11.9. The van der Waals surface area contributed by atoms with Gasteiger partial charge in [-0.25, -0.2) is 9.59 Å². The lowest BCUT2D eigenvalue weighted by molar-refractivity contribution is 0.0697. The molecular weight excluding hydrogens is 268 g/mol. The molecule has 1 aliphatic rings. The van der Waals surface area contributed by atoms with E-state index in [1.54, 1.807) is 12.1 Å². The second kappa shape index (κ2) is 6.61. The van der Waals surface area contributed by atoms with Gasteiger partial charge in [-0.3, -0.25) is 0 Å². The van der Waals surface area contributed by atoms with E-state index in [4.69, 9.17) is 5.11 Å². The van der Waals surface area contributed by atoms with Crippen molar-refractivity contribution in [1.82, 2.24) is 10.6 Å². The zero-order chi connectivity index (χ0) is 15.4. The van der Waals surface area contributed by atoms with Crippen LogP contribution in [0.4, 0.5) is 4.79 Å². The fraction of sp³-hybridized carbons (Fsp3) is 0.500. The molecule has 1 saturated carbocycles. The van der Waals surface area contributed by atoms with Crippen LogP contribution in [0.15, 0.2) is 24.3 Å². The quantitative estimate of drug-likeness (QED) is 0.797. The summed E-state index contributed by atoms with van der Waals surface area (Å²) in [5.41, 5.74) is 1.12. The molecule has 3 N–H and O–H groups in total. The Labute approximate surface area is 124 Å². The summed E-state index contributed by atoms with van der Waals surface area (Å²) in [6.07, 6.45) is 2.19. The Morgan fingerprint density at radius 1 is 1.19 bits per heavy atom. The molecule has 0 saturated heterocycles. The highest BCUT2D eigenvalue weighted by Gasteiger charge is 2.30. The molecular formula is C16H22N2O3. The second-order valence-electron chi connectivity index (χ2n) is 5.85. The zero-order valence-electron chi connectivity index (χ0n) is 12.4. The summed E-state index contributed by atoms with van der Waals surface area (Å²) in [4.78, 5) is 22.6. The summed E-state index contributed by atoms with van der Waals surface area (Å²) < 4.78 is 0. The number of carboxylic acid groups (broad SMARTS) is 1. The fourth-order valence-corrected chi connectivity index (χ4v) is 2.74. The first kappa shape index (κ1) is 15.4. The Hall–Kier alpha value is -2.04. The molecule has 1 fully saturated rings. The van der Waals surface area contributed by atoms with Gasteiger partial charge in [0.15, 0.2) is 0 Å². The van der Waals surface area contributed by atoms with E-state index in [1.807, 2.05) is 0 Å². The maximum Gasteiger partial charge on any atom is 0.335 e. The molecule has 5 heteroatoms. The molecule has 0 bridgehead atoms. The average molecular weight is 290 g/mol. The van der Waals surface area contributed by atoms with Crippen molar-refractivity contribution < 1.29 is 14.7 Å². The number of aromatic carboxylic acids is 1. The smallest absolute Gasteiger partial charge is 0.335 e. The molecule has 0 spiro atoms. The third-order valence-corrected chi connectivity index (χ3v) is 4.44. The van der Waals surface area contributed by atoms with Crippen LogP contribution in [0, 0.1) is 11.8 Å². The number of nitrogens with one attached hydrogen (secondary N) is 2. The minimum atomic E-state index is -0.948. The Kier molecular flexibility index (Phi) is 4.83. The molecule has 3 unspecified atom stereocenters. The molecule has 1 aromatic carbocycles. The monoisotopic (exact) mass is 290 g/mol. The molecule has 1 aromatic rings. The van der Waals surface area contributed by atoms with Crippen LogP contribution in [0.3, 0.4) is 0 Å². The van der Waals surface area contributed by atoms with Crippen LogP contribution < -0.4 is 10.6 Å². The number of urea groups is 1. The number of hydrogen-bond acceptors (Lipinski definition) is 2. The first-order valence-electron chi connectivity index (χ1n) is 7.34. The highest BCUT2D eigenvalue weighted by atomic mass is 16.4. The van der Waals surface area contributed by atoms with Gasteiger partial charge in [0.05, 0.1) is 5.56 Å². The normalized spacial score (nSPS) is 24.6. The van der Waals surface area contributed by atoms with E-state index < -0.39 is 5.97 Å². The van der Waals surface area contributed by atoms with Gasteiger partial charge in [-0.05, 0) is 42.4 Å². The van der Waals surface area contributed by atoms with E-state index in [9.17, 15) is 9.59 Å². The summed E-state index contributed by atoms with van der Waals surface area (Å²) in [6, 6.07) is 6.59. The van der Waals surface area contributed by atoms with Gasteiger partial charge >= 0.3 is 12.0 Å². The van der Waals surface area contributed by atoms with Crippen molar-refractivity contribution in [3.05, 3.63) is 35.4 Å². The largest absolute Gasteiger partial charge is 0.478 e. The van der Waals surface area contributed by atoms with Gasteiger partial charge < -0.3 is 15.7 Å². The molecule has 3 atom stereocenters. The molecule has 0 radical (unpaired) electrons. The molecule has 2 amide bonds. The molecule has 2 rings (SSSR count). The minimum absolute atomic E-state index is 0.164. The lowest BCUT2D eigenvalue weighted by Crippen LogP contribution is -2.43. The number of carboxylic acids is 1. The number of rotatable bonds is 4. The van der Waals surface area contributed by atoms with Gasteiger partial charge in [-0.2, -0.15) is 0 Å². The molecule has 1 aliphatic carbocycles. The van der Waals surface area contributed by atoms with Gasteiger partial charge in [0, 0.05) is 12.6 Å². The molecule has 21 heavy (non-hydrogen) atoms. The standard InChI is InChI=1S/C16H22N2O3/c1-10-3-8-14(11(10)2)18-16(21)17-9-12-4-6-13(7-5-12)15(19)20/h4-7,10-11,14H,3,8-9H2,1-2H3,(H,19,20)(H2,17,18,21). The van der Waals surface area contributed by atoms with Crippen LogP contribution in [0.25, 0.3) is 0 Å². The van der Waals surface area contributed by atoms with Gasteiger partial charge in [0.2, 0.25) is 0 Å². The number of amides is 2. The minimum Gasteiger partial charge on any atom is -0.478 e. The van der Waals surface area contributed by atoms with Crippen LogP contribution in [0.5, 0.6) is 0 Å². The second-order valence-corrected chi connectivity index (χ2v) is 5.85. The zero-order valence-corrected chi connectivity index (χ0v) is 12.4. The summed E-state index contributed by atoms with van der Waals surface area (Å²) in [5, 5.41) is 14.6. The molecule has 0 aromatic heterocycles. The lowest BCUT2D eigenvalue weighted by Gasteiger charge is -2.20. The number of benzene rings is 1. The summed E-state index contributed by atoms with van der Waals surface area (Å²) in [6.45, 7) is 4.78. The van der Waals surface area contributed by atoms with Gasteiger partial charge in [-0.15, -0.1) is 0 Å². The maximum atomic E-state index is 11.9. The predicted octanol–water partition coefficient (Wildman–Crippen LogP) is 2.62. The van der Waals surface area contributed by atoms with E-state index in [0.29, 0.717) is 18.4 Å². The van der Waals surface area contributed by atoms with Crippen molar-refractivity contribution in [3.8, 4) is 0 Å². The molecule has 0 aliphatic heterocycles. The van der Waals surface area contributed by atoms with E-state index in [2.05, 4.69) is 24.5 Å². The van der Waals surface area contributed by atoms with Crippen LogP contribution in [0.2, 0.25) is 0 Å². The first-order chi connectivity index (χ1) is 9.97. The molecule has 5 nitrogen and oxygen atoms in total. The van der Waals surface area contributed by atoms with E-state index in [-0.39, 0.29) is 17.6 Å². The molecule has 0 heterocycles. The van der Waals surface area contributed by atoms with Crippen LogP contribution in [0.1, 0.15) is 42.6 Å². The Morgan fingerprint density at radius 3 is 2.38 bits per heavy atom. The van der Waals surface area contributed by atoms with E-state index >= 15 is 0 Å². The third-order valence-electron chi connectivity index (χ3n) is 4.44. The van der Waals surface area contributed by atoms with E-state index in [1.165, 1.54) is 12.1 Å². The Bertz CT molecular complexity index is 513. The predicted molar refractivity (Wildman–Crippen MR) is 80.1 cm³/mol. The van der Waals surface area contributed by atoms with Gasteiger partial charge in [-0.1, -0.05) is 26.0 Å². The van der Waals surface area contributed by atoms with Crippen molar-refractivity contribution in [3.63, 3.8) is 0 Å². The van der Waals surface area contributed by atoms with Crippen molar-refractivity contribution in [2.75, 3.05) is 0 Å². The summed E-state index contributed by atoms with van der Waals surface area (Å²) in [7, 11) is 0. The fourth-order valence-electron chi connectivity index (χ4n) is 2.74. The van der Waals surface area contributed by atoms with Gasteiger partial charge in [0.1, 0.15) is 0 Å². The van der Waals surface area contributed by atoms with Gasteiger partial charge in [0.25, 0.3) is 0 Å². The lowest BCUT2D eigenvalue weighted by atomic mass is 9.98. The van der Waals surface area contributed by atoms with Crippen molar-refractivity contribution in [1.29, 1.82) is 0 Å². The number of carbonyl (C=O) groups is 2. The van der Waals surface area contributed by atoms with Crippen molar-refractivity contribution >= 4 is 12.0 Å². The summed E-state index contributed by atoms with van der Waals surface area (Å²) >= 11 is 0. The van der Waals surface area contributed by atoms with Crippen LogP contribution in [-0.2, 0) is 6.54 Å². The topological polar surface area (TPSA) is 78.4 Å². The first-order valence-corrected chi connectivity index (χ1v) is 7.34. The van der Waals surface area contributed by atoms with Crippen molar-refractivity contribution in [2.24, 2.45) is 11.8 Å². The number of hydrogen-bond donors (Lipinski definition) is 3. The van der Waals surface area contributed by atoms with Crippen molar-refractivity contribution in [2.45, 2.75) is 39.3 Å². The Balaban J connectivity index is 1.80. The average Bonchev–Trinajstić information content (AvgIpc) is 2.77. The number of carbonyl (C=O) groups excluding carboxylic acids is 1.